The average molecular weight is 760 g/mol. The van der Waals surface area contributed by atoms with E-state index >= 15 is 0 Å². The van der Waals surface area contributed by atoms with Crippen LogP contribution in [0.25, 0.3) is 0 Å². The van der Waals surface area contributed by atoms with Gasteiger partial charge in [-0.25, -0.2) is 4.57 Å². The summed E-state index contributed by atoms with van der Waals surface area (Å²) in [5.74, 6) is -0.188. The Kier molecular flexibility index (Phi) is 39.9. The second kappa shape index (κ2) is 40.2. The molecule has 0 saturated heterocycles. The zero-order chi connectivity index (χ0) is 38.2. The van der Waals surface area contributed by atoms with E-state index in [4.69, 9.17) is 9.79 Å². The maximum atomic E-state index is 12.6. The Labute approximate surface area is 323 Å². The lowest BCUT2D eigenvalue weighted by Gasteiger charge is -2.24. The summed E-state index contributed by atoms with van der Waals surface area (Å²) in [5, 5.41) is 13.5. The molecule has 0 aromatic heterocycles. The summed E-state index contributed by atoms with van der Waals surface area (Å²) in [6.45, 7) is 4.14. The van der Waals surface area contributed by atoms with Gasteiger partial charge in [-0.15, -0.1) is 0 Å². The highest BCUT2D eigenvalue weighted by molar-refractivity contribution is 7.46. The zero-order valence-electron chi connectivity index (χ0n) is 34.7. The maximum Gasteiger partial charge on any atom is 0.469 e. The minimum Gasteiger partial charge on any atom is -0.391 e. The summed E-state index contributed by atoms with van der Waals surface area (Å²) >= 11 is 0. The van der Waals surface area contributed by atoms with E-state index in [1.165, 1.54) is 193 Å². The minimum absolute atomic E-state index is 0.188. The number of amides is 1. The molecule has 0 rings (SSSR count). The van der Waals surface area contributed by atoms with Gasteiger partial charge in [0.25, 0.3) is 0 Å². The van der Waals surface area contributed by atoms with Crippen molar-refractivity contribution in [2.24, 2.45) is 0 Å². The normalized spacial score (nSPS) is 13.1. The lowest BCUT2D eigenvalue weighted by Crippen LogP contribution is -2.46. The first-order chi connectivity index (χ1) is 25.3. The molecule has 0 spiro atoms. The molecule has 8 heteroatoms. The number of carbonyl (C=O) groups is 1. The number of phosphoric acid groups is 1. The predicted octanol–water partition coefficient (Wildman–Crippen LogP) is 13.8. The summed E-state index contributed by atoms with van der Waals surface area (Å²) in [7, 11) is -4.69. The van der Waals surface area contributed by atoms with Gasteiger partial charge in [-0.3, -0.25) is 9.32 Å². The molecule has 0 unspecified atom stereocenters. The van der Waals surface area contributed by atoms with Crippen LogP contribution in [0.15, 0.2) is 0 Å². The van der Waals surface area contributed by atoms with E-state index in [1.807, 2.05) is 0 Å². The smallest absolute Gasteiger partial charge is 0.391 e. The quantitative estimate of drug-likeness (QED) is 0.0363. The zero-order valence-corrected chi connectivity index (χ0v) is 35.6. The molecule has 0 aliphatic carbocycles. The van der Waals surface area contributed by atoms with Crippen molar-refractivity contribution < 1.29 is 28.8 Å². The second-order valence-corrected chi connectivity index (χ2v) is 17.3. The minimum atomic E-state index is -4.69. The van der Waals surface area contributed by atoms with Gasteiger partial charge in [0.05, 0.1) is 18.8 Å². The van der Waals surface area contributed by atoms with Crippen molar-refractivity contribution in [3.63, 3.8) is 0 Å². The largest absolute Gasteiger partial charge is 0.469 e. The standard InChI is InChI=1S/C44H90NO6P/c1-3-5-7-9-11-13-15-17-18-19-20-21-22-23-24-25-26-27-28-30-32-34-36-38-40-44(47)45-42(41-51-52(48,49)50)43(46)39-37-35-33-31-29-16-14-12-10-8-6-4-2/h42-43,46H,3-41H2,1-2H3,(H,45,47)(H2,48,49,50)/t42-,43+/m0/s1. The van der Waals surface area contributed by atoms with E-state index in [1.54, 1.807) is 0 Å². The van der Waals surface area contributed by atoms with Gasteiger partial charge in [0.2, 0.25) is 5.91 Å². The summed E-state index contributed by atoms with van der Waals surface area (Å²) in [5.41, 5.74) is 0. The fourth-order valence-corrected chi connectivity index (χ4v) is 7.70. The number of rotatable bonds is 43. The third-order valence-electron chi connectivity index (χ3n) is 10.8. The highest BCUT2D eigenvalue weighted by Gasteiger charge is 2.25. The molecule has 4 N–H and O–H groups in total. The SMILES string of the molecule is CCCCCCCCCCCCCCCCCCCCCCCCCCC(=O)N[C@@H](COP(=O)(O)O)[C@H](O)CCCCCCCCCCCCCC. The fraction of sp³-hybridized carbons (Fsp3) is 0.977. The number of aliphatic hydroxyl groups excluding tert-OH is 1. The molecule has 0 aliphatic rings. The third-order valence-corrected chi connectivity index (χ3v) is 11.3. The molecular weight excluding hydrogens is 669 g/mol. The molecule has 0 radical (unpaired) electrons. The van der Waals surface area contributed by atoms with Crippen molar-refractivity contribution in [1.82, 2.24) is 5.32 Å². The predicted molar refractivity (Wildman–Crippen MR) is 223 cm³/mol. The van der Waals surface area contributed by atoms with Gasteiger partial charge >= 0.3 is 7.82 Å². The number of aliphatic hydroxyl groups is 1. The van der Waals surface area contributed by atoms with Gasteiger partial charge in [0.1, 0.15) is 0 Å². The van der Waals surface area contributed by atoms with Gasteiger partial charge in [0.15, 0.2) is 0 Å². The molecule has 0 heterocycles. The highest BCUT2D eigenvalue weighted by Crippen LogP contribution is 2.36. The van der Waals surface area contributed by atoms with Crippen LogP contribution in [0.3, 0.4) is 0 Å². The molecule has 2 atom stereocenters. The topological polar surface area (TPSA) is 116 Å². The van der Waals surface area contributed by atoms with Crippen LogP contribution in [-0.4, -0.2) is 39.6 Å². The Balaban J connectivity index is 3.74. The average Bonchev–Trinajstić information content (AvgIpc) is 3.11. The van der Waals surface area contributed by atoms with Crippen molar-refractivity contribution in [2.75, 3.05) is 6.61 Å². The van der Waals surface area contributed by atoms with Crippen LogP contribution in [0.4, 0.5) is 0 Å². The molecule has 0 aromatic carbocycles. The number of carbonyl (C=O) groups excluding carboxylic acids is 1. The van der Waals surface area contributed by atoms with Crippen LogP contribution in [-0.2, 0) is 13.9 Å². The Morgan fingerprint density at radius 3 is 1.04 bits per heavy atom. The van der Waals surface area contributed by atoms with Crippen molar-refractivity contribution >= 4 is 13.7 Å². The maximum absolute atomic E-state index is 12.6. The van der Waals surface area contributed by atoms with Gasteiger partial charge in [-0.1, -0.05) is 239 Å². The van der Waals surface area contributed by atoms with Crippen LogP contribution >= 0.6 is 7.82 Å². The van der Waals surface area contributed by atoms with Crippen molar-refractivity contribution in [2.45, 2.75) is 270 Å². The van der Waals surface area contributed by atoms with Gasteiger partial charge in [0, 0.05) is 6.42 Å². The van der Waals surface area contributed by atoms with Crippen LogP contribution < -0.4 is 5.32 Å². The van der Waals surface area contributed by atoms with Crippen molar-refractivity contribution in [1.29, 1.82) is 0 Å². The number of nitrogens with one attached hydrogen (secondary N) is 1. The highest BCUT2D eigenvalue weighted by atomic mass is 31.2. The van der Waals surface area contributed by atoms with Crippen LogP contribution in [0, 0.1) is 0 Å². The molecule has 0 saturated carbocycles. The van der Waals surface area contributed by atoms with Gasteiger partial charge in [-0.2, -0.15) is 0 Å². The van der Waals surface area contributed by atoms with Crippen molar-refractivity contribution in [3.8, 4) is 0 Å². The summed E-state index contributed by atoms with van der Waals surface area (Å²) in [6.07, 6.45) is 46.8. The lowest BCUT2D eigenvalue weighted by atomic mass is 10.0. The summed E-state index contributed by atoms with van der Waals surface area (Å²) in [6, 6.07) is -0.817. The Morgan fingerprint density at radius 2 is 0.750 bits per heavy atom. The van der Waals surface area contributed by atoms with Crippen LogP contribution in [0.5, 0.6) is 0 Å². The third kappa shape index (κ3) is 40.7. The molecule has 52 heavy (non-hydrogen) atoms. The Hall–Kier alpha value is -0.460. The number of unbranched alkanes of at least 4 members (excludes halogenated alkanes) is 34. The van der Waals surface area contributed by atoms with Crippen LogP contribution in [0.2, 0.25) is 0 Å². The van der Waals surface area contributed by atoms with E-state index in [0.29, 0.717) is 12.8 Å². The molecule has 0 bridgehead atoms. The van der Waals surface area contributed by atoms with E-state index < -0.39 is 26.6 Å². The Morgan fingerprint density at radius 1 is 0.481 bits per heavy atom. The number of hydrogen-bond acceptors (Lipinski definition) is 4. The van der Waals surface area contributed by atoms with Crippen molar-refractivity contribution in [3.05, 3.63) is 0 Å². The molecular formula is C44H90NO6P. The molecule has 312 valence electrons. The van der Waals surface area contributed by atoms with Crippen LogP contribution in [0.1, 0.15) is 258 Å². The molecule has 0 fully saturated rings. The van der Waals surface area contributed by atoms with E-state index in [0.717, 1.165) is 38.5 Å². The summed E-state index contributed by atoms with van der Waals surface area (Å²) < 4.78 is 16.0. The van der Waals surface area contributed by atoms with E-state index in [-0.39, 0.29) is 5.91 Å². The monoisotopic (exact) mass is 760 g/mol. The number of hydrogen-bond donors (Lipinski definition) is 4. The molecule has 0 aromatic rings. The molecule has 1 amide bonds. The van der Waals surface area contributed by atoms with Gasteiger partial charge < -0.3 is 20.2 Å². The number of phosphoric ester groups is 1. The first kappa shape index (κ1) is 51.5. The lowest BCUT2D eigenvalue weighted by molar-refractivity contribution is -0.123. The fourth-order valence-electron chi connectivity index (χ4n) is 7.35. The second-order valence-electron chi connectivity index (χ2n) is 16.1. The molecule has 0 aliphatic heterocycles. The Bertz CT molecular complexity index is 778. The van der Waals surface area contributed by atoms with Gasteiger partial charge in [-0.05, 0) is 12.8 Å². The first-order valence-corrected chi connectivity index (χ1v) is 24.5. The van der Waals surface area contributed by atoms with E-state index in [9.17, 15) is 14.5 Å². The summed E-state index contributed by atoms with van der Waals surface area (Å²) in [4.78, 5) is 30.9. The first-order valence-electron chi connectivity index (χ1n) is 23.0. The molecule has 7 nitrogen and oxygen atoms in total. The van der Waals surface area contributed by atoms with E-state index in [2.05, 4.69) is 23.7 Å².